The number of hydrogen-bond donors (Lipinski definition) is 2. The average Bonchev–Trinajstić information content (AvgIpc) is 3.63. The fourth-order valence-electron chi connectivity index (χ4n) is 5.13. The molecule has 3 aromatic rings. The van der Waals surface area contributed by atoms with E-state index in [1.807, 2.05) is 7.05 Å². The maximum atomic E-state index is 5.63. The number of nitrogens with one attached hydrogen (secondary N) is 2. The first-order valence-corrected chi connectivity index (χ1v) is 12.7. The van der Waals surface area contributed by atoms with Crippen LogP contribution in [-0.2, 0) is 11.3 Å². The minimum Gasteiger partial charge on any atom is -0.378 e. The van der Waals surface area contributed by atoms with Gasteiger partial charge in [-0.05, 0) is 32.6 Å². The van der Waals surface area contributed by atoms with Gasteiger partial charge in [0.2, 0.25) is 11.9 Å². The highest BCUT2D eigenvalue weighted by atomic mass is 16.5. The number of aromatic nitrogens is 6. The maximum absolute atomic E-state index is 5.63. The Morgan fingerprint density at radius 1 is 1.00 bits per heavy atom. The van der Waals surface area contributed by atoms with E-state index in [9.17, 15) is 0 Å². The van der Waals surface area contributed by atoms with Crippen LogP contribution >= 0.6 is 0 Å². The molecule has 3 fully saturated rings. The molecule has 0 aromatic carbocycles. The summed E-state index contributed by atoms with van der Waals surface area (Å²) in [5, 5.41) is 6.61. The van der Waals surface area contributed by atoms with E-state index < -0.39 is 0 Å². The molecule has 35 heavy (non-hydrogen) atoms. The third-order valence-electron chi connectivity index (χ3n) is 6.98. The first kappa shape index (κ1) is 22.4. The molecule has 6 rings (SSSR count). The van der Waals surface area contributed by atoms with Crippen molar-refractivity contribution in [2.45, 2.75) is 45.3 Å². The van der Waals surface area contributed by atoms with Crippen LogP contribution in [0.1, 0.15) is 26.7 Å². The normalized spacial score (nSPS) is 23.2. The van der Waals surface area contributed by atoms with E-state index in [2.05, 4.69) is 48.8 Å². The minimum absolute atomic E-state index is 0.399. The Morgan fingerprint density at radius 2 is 1.71 bits per heavy atom. The van der Waals surface area contributed by atoms with Crippen molar-refractivity contribution in [2.75, 3.05) is 61.6 Å². The van der Waals surface area contributed by atoms with Gasteiger partial charge in [-0.3, -0.25) is 4.57 Å². The molecule has 0 bridgehead atoms. The van der Waals surface area contributed by atoms with Crippen LogP contribution in [0.5, 0.6) is 0 Å². The van der Waals surface area contributed by atoms with Gasteiger partial charge in [-0.2, -0.15) is 0 Å². The van der Waals surface area contributed by atoms with Crippen LogP contribution in [0.2, 0.25) is 0 Å². The molecule has 0 radical (unpaired) electrons. The molecule has 3 aliphatic rings. The molecule has 11 heteroatoms. The van der Waals surface area contributed by atoms with Crippen molar-refractivity contribution in [2.24, 2.45) is 5.92 Å². The zero-order chi connectivity index (χ0) is 23.9. The van der Waals surface area contributed by atoms with Gasteiger partial charge in [0.15, 0.2) is 22.8 Å². The van der Waals surface area contributed by atoms with Crippen molar-refractivity contribution in [3.63, 3.8) is 0 Å². The molecule has 3 aromatic heterocycles. The Morgan fingerprint density at radius 3 is 2.37 bits per heavy atom. The number of piperazine rings is 1. The number of nitrogens with zero attached hydrogens (tertiary/aromatic N) is 8. The van der Waals surface area contributed by atoms with Crippen LogP contribution < -0.4 is 20.4 Å². The van der Waals surface area contributed by atoms with Gasteiger partial charge in [0.05, 0.1) is 18.8 Å². The molecular formula is C24H34N10O. The molecule has 0 spiro atoms. The average molecular weight is 479 g/mol. The van der Waals surface area contributed by atoms with Gasteiger partial charge in [0, 0.05) is 64.2 Å². The summed E-state index contributed by atoms with van der Waals surface area (Å²) >= 11 is 0. The maximum Gasteiger partial charge on any atom is 0.222 e. The summed E-state index contributed by atoms with van der Waals surface area (Å²) in [6, 6.07) is 0.798. The van der Waals surface area contributed by atoms with Crippen LogP contribution in [0.25, 0.3) is 22.6 Å². The monoisotopic (exact) mass is 478 g/mol. The molecular weight excluding hydrogens is 444 g/mol. The molecule has 11 nitrogen and oxygen atoms in total. The molecule has 2 atom stereocenters. The van der Waals surface area contributed by atoms with E-state index in [-0.39, 0.29) is 0 Å². The Bertz CT molecular complexity index is 1180. The Balaban J connectivity index is 1.52. The zero-order valence-corrected chi connectivity index (χ0v) is 20.7. The van der Waals surface area contributed by atoms with Crippen LogP contribution in [0.15, 0.2) is 12.4 Å². The van der Waals surface area contributed by atoms with Crippen molar-refractivity contribution in [1.82, 2.24) is 34.8 Å². The second-order valence-electron chi connectivity index (χ2n) is 10.0. The number of hydrogen-bond acceptors (Lipinski definition) is 10. The van der Waals surface area contributed by atoms with E-state index in [0.29, 0.717) is 43.0 Å². The third kappa shape index (κ3) is 4.50. The fraction of sp³-hybridized carbons (Fsp3) is 0.625. The van der Waals surface area contributed by atoms with Crippen molar-refractivity contribution < 1.29 is 4.74 Å². The molecule has 1 saturated carbocycles. The summed E-state index contributed by atoms with van der Waals surface area (Å²) in [5.74, 6) is 3.78. The predicted octanol–water partition coefficient (Wildman–Crippen LogP) is 1.76. The molecule has 2 saturated heterocycles. The lowest BCUT2D eigenvalue weighted by molar-refractivity contribution is 0.122. The number of imidazole rings is 1. The largest absolute Gasteiger partial charge is 0.378 e. The van der Waals surface area contributed by atoms with Gasteiger partial charge in [0.1, 0.15) is 0 Å². The number of rotatable bonds is 6. The van der Waals surface area contributed by atoms with E-state index in [4.69, 9.17) is 19.7 Å². The summed E-state index contributed by atoms with van der Waals surface area (Å²) in [6.07, 6.45) is 6.10. The van der Waals surface area contributed by atoms with E-state index in [0.717, 1.165) is 61.2 Å². The molecule has 2 aliphatic heterocycles. The topological polar surface area (TPSA) is 109 Å². The SMILES string of the molecule is CNc1ncc(-c2nc(N3CCOCC3)c3nc(N4CC(C)NC(C)C4)n(CC4CC4)c3n2)cn1. The quantitative estimate of drug-likeness (QED) is 0.544. The van der Waals surface area contributed by atoms with Gasteiger partial charge in [-0.25, -0.2) is 24.9 Å². The molecule has 5 heterocycles. The molecule has 0 amide bonds. The number of anilines is 3. The standard InChI is InChI=1S/C24H34N10O/c1-15-12-33(13-16(2)28-15)24-29-19-21(32-6-8-35-9-7-32)30-20(18-10-26-23(25-3)27-11-18)31-22(19)34(24)14-17-4-5-17/h10-11,15-17,28H,4-9,12-14H2,1-3H3,(H,25,26,27). The van der Waals surface area contributed by atoms with Crippen LogP contribution in [0, 0.1) is 5.92 Å². The summed E-state index contributed by atoms with van der Waals surface area (Å²) in [7, 11) is 1.81. The lowest BCUT2D eigenvalue weighted by Gasteiger charge is -2.36. The smallest absolute Gasteiger partial charge is 0.222 e. The second-order valence-corrected chi connectivity index (χ2v) is 10.0. The van der Waals surface area contributed by atoms with E-state index in [1.54, 1.807) is 12.4 Å². The number of fused-ring (bicyclic) bond motifs is 1. The summed E-state index contributed by atoms with van der Waals surface area (Å²) in [6.45, 7) is 10.2. The Kier molecular flexibility index (Phi) is 5.89. The van der Waals surface area contributed by atoms with Gasteiger partial charge in [0.25, 0.3) is 0 Å². The fourth-order valence-corrected chi connectivity index (χ4v) is 5.13. The first-order valence-electron chi connectivity index (χ1n) is 12.7. The summed E-state index contributed by atoms with van der Waals surface area (Å²) < 4.78 is 7.97. The predicted molar refractivity (Wildman–Crippen MR) is 136 cm³/mol. The van der Waals surface area contributed by atoms with Crippen molar-refractivity contribution in [3.05, 3.63) is 12.4 Å². The Labute approximate surface area is 205 Å². The number of morpholine rings is 1. The highest BCUT2D eigenvalue weighted by Gasteiger charge is 2.31. The van der Waals surface area contributed by atoms with Crippen molar-refractivity contribution in [3.8, 4) is 11.4 Å². The van der Waals surface area contributed by atoms with Gasteiger partial charge >= 0.3 is 0 Å². The highest BCUT2D eigenvalue weighted by Crippen LogP contribution is 2.36. The lowest BCUT2D eigenvalue weighted by atomic mass is 10.1. The Hall–Kier alpha value is -3.05. The second kappa shape index (κ2) is 9.19. The summed E-state index contributed by atoms with van der Waals surface area (Å²) in [4.78, 5) is 28.8. The van der Waals surface area contributed by atoms with Crippen molar-refractivity contribution in [1.29, 1.82) is 0 Å². The molecule has 1 aliphatic carbocycles. The zero-order valence-electron chi connectivity index (χ0n) is 20.7. The highest BCUT2D eigenvalue weighted by molar-refractivity contribution is 5.88. The van der Waals surface area contributed by atoms with Gasteiger partial charge < -0.3 is 25.2 Å². The van der Waals surface area contributed by atoms with E-state index >= 15 is 0 Å². The van der Waals surface area contributed by atoms with Gasteiger partial charge in [-0.1, -0.05) is 0 Å². The summed E-state index contributed by atoms with van der Waals surface area (Å²) in [5.41, 5.74) is 2.57. The third-order valence-corrected chi connectivity index (χ3v) is 6.98. The van der Waals surface area contributed by atoms with Crippen LogP contribution in [0.3, 0.4) is 0 Å². The number of ether oxygens (including phenoxy) is 1. The molecule has 2 unspecified atom stereocenters. The van der Waals surface area contributed by atoms with Crippen molar-refractivity contribution >= 4 is 28.9 Å². The van der Waals surface area contributed by atoms with Gasteiger partial charge in [-0.15, -0.1) is 0 Å². The van der Waals surface area contributed by atoms with E-state index in [1.165, 1.54) is 12.8 Å². The van der Waals surface area contributed by atoms with Crippen LogP contribution in [-0.4, -0.2) is 88.0 Å². The lowest BCUT2D eigenvalue weighted by Crippen LogP contribution is -2.55. The minimum atomic E-state index is 0.399. The molecule has 2 N–H and O–H groups in total. The van der Waals surface area contributed by atoms with Crippen LogP contribution in [0.4, 0.5) is 17.7 Å². The molecule has 186 valence electrons. The first-order chi connectivity index (χ1) is 17.1.